The van der Waals surface area contributed by atoms with Crippen LogP contribution in [0.4, 0.5) is 5.69 Å². The molecule has 0 radical (unpaired) electrons. The van der Waals surface area contributed by atoms with Crippen molar-refractivity contribution in [2.24, 2.45) is 5.73 Å². The fourth-order valence-corrected chi connectivity index (χ4v) is 3.85. The number of ether oxygens (including phenoxy) is 4. The molecule has 11 nitrogen and oxygen atoms in total. The second-order valence-electron chi connectivity index (χ2n) is 7.00. The average molecular weight is 449 g/mol. The minimum Gasteiger partial charge on any atom is -0.496 e. The number of aromatic nitrogens is 2. The predicted octanol–water partition coefficient (Wildman–Crippen LogP) is 3.23. The Labute approximate surface area is 188 Å². The van der Waals surface area contributed by atoms with Crippen molar-refractivity contribution in [3.05, 3.63) is 69.1 Å². The molecule has 11 heteroatoms. The summed E-state index contributed by atoms with van der Waals surface area (Å²) < 4.78 is 22.2. The molecule has 1 aromatic heterocycles. The number of aromatic amines is 1. The monoisotopic (exact) mass is 449 g/mol. The van der Waals surface area contributed by atoms with Gasteiger partial charge in [-0.1, -0.05) is 12.1 Å². The molecule has 0 bridgehead atoms. The molecule has 1 atom stereocenters. The largest absolute Gasteiger partial charge is 0.496 e. The summed E-state index contributed by atoms with van der Waals surface area (Å²) >= 11 is 0. The van der Waals surface area contributed by atoms with Crippen LogP contribution in [0.3, 0.4) is 0 Å². The molecule has 0 amide bonds. The summed E-state index contributed by atoms with van der Waals surface area (Å²) in [6.07, 6.45) is 0. The van der Waals surface area contributed by atoms with Gasteiger partial charge in [0.15, 0.2) is 0 Å². The molecular formula is C22H19N5O6. The molecule has 3 aromatic rings. The van der Waals surface area contributed by atoms with E-state index in [0.29, 0.717) is 39.6 Å². The van der Waals surface area contributed by atoms with Gasteiger partial charge in [0.1, 0.15) is 28.9 Å². The minimum atomic E-state index is -0.803. The molecule has 0 saturated carbocycles. The standard InChI is InChI=1S/C22H19N5O6/c1-30-13-8-15(31-2)18(16(9-13)32-3)17-14(10-23)21(24)33-22-19(17)20(25-26-22)11-5-4-6-12(7-11)27(28)29/h4-9,17H,24H2,1-3H3,(H,25,26)/t17-/m1/s1. The van der Waals surface area contributed by atoms with Crippen molar-refractivity contribution in [2.75, 3.05) is 21.3 Å². The number of nitrogens with two attached hydrogens (primary N) is 1. The third kappa shape index (κ3) is 3.53. The smallest absolute Gasteiger partial charge is 0.270 e. The third-order valence-electron chi connectivity index (χ3n) is 5.33. The number of nitrogens with one attached hydrogen (secondary N) is 1. The van der Waals surface area contributed by atoms with Gasteiger partial charge in [-0.2, -0.15) is 5.26 Å². The van der Waals surface area contributed by atoms with Gasteiger partial charge < -0.3 is 24.7 Å². The summed E-state index contributed by atoms with van der Waals surface area (Å²) in [7, 11) is 4.47. The van der Waals surface area contributed by atoms with Gasteiger partial charge in [-0.25, -0.2) is 0 Å². The number of nitro benzene ring substituents is 1. The number of hydrogen-bond donors (Lipinski definition) is 2. The van der Waals surface area contributed by atoms with Crippen LogP contribution >= 0.6 is 0 Å². The minimum absolute atomic E-state index is 0.0979. The highest BCUT2D eigenvalue weighted by Gasteiger charge is 2.39. The van der Waals surface area contributed by atoms with E-state index < -0.39 is 10.8 Å². The van der Waals surface area contributed by atoms with Crippen LogP contribution < -0.4 is 24.7 Å². The van der Waals surface area contributed by atoms with Crippen molar-refractivity contribution in [3.8, 4) is 40.5 Å². The molecule has 2 heterocycles. The molecule has 2 aromatic carbocycles. The van der Waals surface area contributed by atoms with E-state index in [1.165, 1.54) is 33.5 Å². The molecule has 1 aliphatic rings. The molecule has 0 aliphatic carbocycles. The van der Waals surface area contributed by atoms with Crippen LogP contribution in [0.15, 0.2) is 47.9 Å². The highest BCUT2D eigenvalue weighted by atomic mass is 16.6. The number of nitriles is 1. The zero-order valence-corrected chi connectivity index (χ0v) is 17.9. The van der Waals surface area contributed by atoms with Gasteiger partial charge in [-0.15, -0.1) is 5.10 Å². The van der Waals surface area contributed by atoms with Crippen LogP contribution in [-0.4, -0.2) is 36.5 Å². The third-order valence-corrected chi connectivity index (χ3v) is 5.33. The van der Waals surface area contributed by atoms with E-state index in [1.54, 1.807) is 24.3 Å². The Kier molecular flexibility index (Phi) is 5.49. The van der Waals surface area contributed by atoms with Gasteiger partial charge in [0, 0.05) is 35.4 Å². The number of methoxy groups -OCH3 is 3. The number of hydrogen-bond acceptors (Lipinski definition) is 9. The zero-order chi connectivity index (χ0) is 23.7. The van der Waals surface area contributed by atoms with E-state index >= 15 is 0 Å². The van der Waals surface area contributed by atoms with E-state index in [9.17, 15) is 15.4 Å². The molecule has 0 spiro atoms. The second-order valence-corrected chi connectivity index (χ2v) is 7.00. The van der Waals surface area contributed by atoms with Crippen LogP contribution in [0, 0.1) is 21.4 Å². The summed E-state index contributed by atoms with van der Waals surface area (Å²) in [6, 6.07) is 11.5. The van der Waals surface area contributed by atoms with E-state index in [4.69, 9.17) is 24.7 Å². The van der Waals surface area contributed by atoms with E-state index in [-0.39, 0.29) is 23.0 Å². The number of benzene rings is 2. The Balaban J connectivity index is 2.03. The molecule has 0 fully saturated rings. The number of nitrogens with zero attached hydrogens (tertiary/aromatic N) is 3. The molecule has 168 valence electrons. The maximum Gasteiger partial charge on any atom is 0.270 e. The van der Waals surface area contributed by atoms with Crippen molar-refractivity contribution in [3.63, 3.8) is 0 Å². The van der Waals surface area contributed by atoms with Crippen LogP contribution in [0.5, 0.6) is 23.1 Å². The van der Waals surface area contributed by atoms with Gasteiger partial charge in [-0.05, 0) is 0 Å². The molecule has 0 unspecified atom stereocenters. The Bertz CT molecular complexity index is 1300. The van der Waals surface area contributed by atoms with Gasteiger partial charge in [0.2, 0.25) is 11.8 Å². The highest BCUT2D eigenvalue weighted by molar-refractivity contribution is 5.74. The topological polar surface area (TPSA) is 159 Å². The van der Waals surface area contributed by atoms with Crippen LogP contribution in [0.1, 0.15) is 17.0 Å². The van der Waals surface area contributed by atoms with Crippen molar-refractivity contribution < 1.29 is 23.9 Å². The van der Waals surface area contributed by atoms with Gasteiger partial charge in [0.05, 0.1) is 43.4 Å². The van der Waals surface area contributed by atoms with E-state index in [2.05, 4.69) is 16.3 Å². The summed E-state index contributed by atoms with van der Waals surface area (Å²) in [5, 5.41) is 28.3. The molecule has 1 aliphatic heterocycles. The molecule has 4 rings (SSSR count). The summed E-state index contributed by atoms with van der Waals surface area (Å²) in [5.74, 6) is 0.473. The van der Waals surface area contributed by atoms with Crippen molar-refractivity contribution >= 4 is 5.69 Å². The summed E-state index contributed by atoms with van der Waals surface area (Å²) in [5.41, 5.74) is 7.95. The summed E-state index contributed by atoms with van der Waals surface area (Å²) in [4.78, 5) is 10.8. The quantitative estimate of drug-likeness (QED) is 0.425. The number of rotatable bonds is 6. The SMILES string of the molecule is COc1cc(OC)c([C@H]2C(C#N)=C(N)Oc3n[nH]c(-c4cccc([N+](=O)[O-])c4)c32)c(OC)c1. The predicted molar refractivity (Wildman–Crippen MR) is 116 cm³/mol. The second kappa shape index (κ2) is 8.43. The Morgan fingerprint density at radius 3 is 2.42 bits per heavy atom. The molecule has 0 saturated heterocycles. The first-order valence-electron chi connectivity index (χ1n) is 9.64. The maximum atomic E-state index is 11.3. The van der Waals surface area contributed by atoms with E-state index in [0.717, 1.165) is 0 Å². The van der Waals surface area contributed by atoms with Gasteiger partial charge >= 0.3 is 0 Å². The van der Waals surface area contributed by atoms with Crippen LogP contribution in [0.25, 0.3) is 11.3 Å². The lowest BCUT2D eigenvalue weighted by Gasteiger charge is -2.27. The first-order valence-corrected chi connectivity index (χ1v) is 9.64. The van der Waals surface area contributed by atoms with Crippen molar-refractivity contribution in [1.29, 1.82) is 5.26 Å². The first kappa shape index (κ1) is 21.5. The van der Waals surface area contributed by atoms with Gasteiger partial charge in [0.25, 0.3) is 5.69 Å². The fourth-order valence-electron chi connectivity index (χ4n) is 3.85. The average Bonchev–Trinajstić information content (AvgIpc) is 3.25. The lowest BCUT2D eigenvalue weighted by Crippen LogP contribution is -2.21. The van der Waals surface area contributed by atoms with Crippen LogP contribution in [-0.2, 0) is 0 Å². The maximum absolute atomic E-state index is 11.3. The number of nitro groups is 1. The van der Waals surface area contributed by atoms with Crippen molar-refractivity contribution in [2.45, 2.75) is 5.92 Å². The Morgan fingerprint density at radius 2 is 1.85 bits per heavy atom. The lowest BCUT2D eigenvalue weighted by atomic mass is 9.82. The molecular weight excluding hydrogens is 430 g/mol. The van der Waals surface area contributed by atoms with Crippen LogP contribution in [0.2, 0.25) is 0 Å². The lowest BCUT2D eigenvalue weighted by molar-refractivity contribution is -0.384. The van der Waals surface area contributed by atoms with Gasteiger partial charge in [-0.3, -0.25) is 15.2 Å². The number of non-ortho nitro benzene ring substituents is 1. The number of allylic oxidation sites excluding steroid dienone is 1. The van der Waals surface area contributed by atoms with E-state index in [1.807, 2.05) is 0 Å². The first-order chi connectivity index (χ1) is 15.9. The fraction of sp³-hybridized carbons (Fsp3) is 0.182. The highest BCUT2D eigenvalue weighted by Crippen LogP contribution is 2.51. The number of fused-ring (bicyclic) bond motifs is 1. The zero-order valence-electron chi connectivity index (χ0n) is 17.9. The Hall–Kier alpha value is -4.72. The summed E-state index contributed by atoms with van der Waals surface area (Å²) in [6.45, 7) is 0. The molecule has 3 N–H and O–H groups in total. The number of H-pyrrole nitrogens is 1. The molecule has 33 heavy (non-hydrogen) atoms. The normalized spacial score (nSPS) is 14.7. The van der Waals surface area contributed by atoms with Crippen molar-refractivity contribution in [1.82, 2.24) is 10.2 Å². The Morgan fingerprint density at radius 1 is 1.15 bits per heavy atom.